The van der Waals surface area contributed by atoms with Gasteiger partial charge >= 0.3 is 0 Å². The van der Waals surface area contributed by atoms with E-state index in [1.54, 1.807) is 0 Å². The van der Waals surface area contributed by atoms with Crippen LogP contribution in [-0.4, -0.2) is 21.2 Å². The Morgan fingerprint density at radius 1 is 1.24 bits per heavy atom. The van der Waals surface area contributed by atoms with Crippen LogP contribution >= 0.6 is 11.8 Å². The first-order chi connectivity index (χ1) is 10.3. The molecule has 0 aliphatic carbocycles. The third-order valence-corrected chi connectivity index (χ3v) is 3.80. The van der Waals surface area contributed by atoms with E-state index >= 15 is 0 Å². The number of nitrogen functional groups attached to an aromatic ring is 1. The van der Waals surface area contributed by atoms with Gasteiger partial charge in [-0.2, -0.15) is 0 Å². The number of fused-ring (bicyclic) bond motifs is 1. The van der Waals surface area contributed by atoms with E-state index in [1.165, 1.54) is 11.8 Å². The summed E-state index contributed by atoms with van der Waals surface area (Å²) in [6, 6.07) is 11.5. The molecule has 108 valence electrons. The van der Waals surface area contributed by atoms with Crippen LogP contribution in [0.5, 0.6) is 5.75 Å². The maximum atomic E-state index is 5.94. The summed E-state index contributed by atoms with van der Waals surface area (Å²) in [6.07, 6.45) is 2.91. The molecule has 0 fully saturated rings. The second-order valence-electron chi connectivity index (χ2n) is 4.60. The van der Waals surface area contributed by atoms with Crippen LogP contribution in [0, 0.1) is 0 Å². The van der Waals surface area contributed by atoms with Crippen LogP contribution in [0.2, 0.25) is 0 Å². The molecule has 5 nitrogen and oxygen atoms in total. The first kappa shape index (κ1) is 13.8. The smallest absolute Gasteiger partial charge is 0.200 e. The van der Waals surface area contributed by atoms with E-state index in [4.69, 9.17) is 10.5 Å². The number of rotatable bonds is 5. The molecule has 2 N–H and O–H groups in total. The Labute approximate surface area is 127 Å². The molecule has 0 aliphatic rings. The molecule has 6 heteroatoms. The van der Waals surface area contributed by atoms with Gasteiger partial charge in [0, 0.05) is 22.8 Å². The molecular formula is C15H16N4OS. The molecule has 0 saturated carbocycles. The Kier molecular flexibility index (Phi) is 3.96. The second-order valence-corrected chi connectivity index (χ2v) is 5.64. The van der Waals surface area contributed by atoms with Crippen molar-refractivity contribution in [3.63, 3.8) is 0 Å². The van der Waals surface area contributed by atoms with Gasteiger partial charge in [-0.15, -0.1) is 10.2 Å². The maximum absolute atomic E-state index is 5.94. The lowest BCUT2D eigenvalue weighted by atomic mass is 10.3. The van der Waals surface area contributed by atoms with Crippen LogP contribution in [0.4, 0.5) is 5.69 Å². The van der Waals surface area contributed by atoms with Crippen LogP contribution in [0.25, 0.3) is 5.65 Å². The van der Waals surface area contributed by atoms with Crippen molar-refractivity contribution in [1.29, 1.82) is 0 Å². The molecule has 0 aliphatic heterocycles. The summed E-state index contributed by atoms with van der Waals surface area (Å²) in [4.78, 5) is 0.985. The van der Waals surface area contributed by atoms with Gasteiger partial charge in [-0.25, -0.2) is 0 Å². The minimum atomic E-state index is 0.680. The van der Waals surface area contributed by atoms with Gasteiger partial charge in [-0.1, -0.05) is 13.0 Å². The van der Waals surface area contributed by atoms with Crippen molar-refractivity contribution < 1.29 is 4.74 Å². The van der Waals surface area contributed by atoms with E-state index in [9.17, 15) is 0 Å². The van der Waals surface area contributed by atoms with Crippen molar-refractivity contribution >= 4 is 23.1 Å². The molecule has 3 rings (SSSR count). The second kappa shape index (κ2) is 6.05. The Balaban J connectivity index is 1.88. The summed E-state index contributed by atoms with van der Waals surface area (Å²) in [5, 5.41) is 9.15. The van der Waals surface area contributed by atoms with Gasteiger partial charge in [0.25, 0.3) is 0 Å². The van der Waals surface area contributed by atoms with Crippen LogP contribution in [0.15, 0.2) is 52.6 Å². The predicted octanol–water partition coefficient (Wildman–Crippen LogP) is 3.25. The van der Waals surface area contributed by atoms with Crippen LogP contribution in [0.3, 0.4) is 0 Å². The molecule has 2 heterocycles. The fraction of sp³-hybridized carbons (Fsp3) is 0.200. The molecular weight excluding hydrogens is 284 g/mol. The number of aromatic nitrogens is 3. The number of nitrogens with two attached hydrogens (primary N) is 1. The Morgan fingerprint density at radius 2 is 2.14 bits per heavy atom. The minimum Gasteiger partial charge on any atom is -0.493 e. The minimum absolute atomic E-state index is 0.680. The molecule has 0 unspecified atom stereocenters. The van der Waals surface area contributed by atoms with Crippen molar-refractivity contribution in [3.8, 4) is 5.75 Å². The summed E-state index contributed by atoms with van der Waals surface area (Å²) < 4.78 is 7.59. The summed E-state index contributed by atoms with van der Waals surface area (Å²) >= 11 is 1.51. The largest absolute Gasteiger partial charge is 0.493 e. The molecule has 21 heavy (non-hydrogen) atoms. The third-order valence-electron chi connectivity index (χ3n) is 2.87. The SMILES string of the molecule is CCCOc1cc(N)cc(Sc2nnc3ccccn23)c1. The topological polar surface area (TPSA) is 65.4 Å². The van der Waals surface area contributed by atoms with Crippen molar-refractivity contribution in [2.24, 2.45) is 0 Å². The van der Waals surface area contributed by atoms with E-state index < -0.39 is 0 Å². The van der Waals surface area contributed by atoms with Gasteiger partial charge in [-0.3, -0.25) is 4.40 Å². The van der Waals surface area contributed by atoms with Crippen molar-refractivity contribution in [2.45, 2.75) is 23.4 Å². The number of hydrogen-bond donors (Lipinski definition) is 1. The Bertz CT molecular complexity index is 756. The maximum Gasteiger partial charge on any atom is 0.200 e. The molecule has 0 radical (unpaired) electrons. The predicted molar refractivity (Wildman–Crippen MR) is 83.8 cm³/mol. The fourth-order valence-electron chi connectivity index (χ4n) is 1.95. The number of ether oxygens (including phenoxy) is 1. The molecule has 0 saturated heterocycles. The van der Waals surface area contributed by atoms with Gasteiger partial charge in [0.1, 0.15) is 5.75 Å². The average molecular weight is 300 g/mol. The number of nitrogens with zero attached hydrogens (tertiary/aromatic N) is 3. The molecule has 1 aromatic carbocycles. The monoisotopic (exact) mass is 300 g/mol. The number of hydrogen-bond acceptors (Lipinski definition) is 5. The molecule has 0 atom stereocenters. The zero-order valence-electron chi connectivity index (χ0n) is 11.7. The highest BCUT2D eigenvalue weighted by Gasteiger charge is 2.08. The Hall–Kier alpha value is -2.21. The molecule has 3 aromatic rings. The van der Waals surface area contributed by atoms with E-state index in [1.807, 2.05) is 47.0 Å². The summed E-state index contributed by atoms with van der Waals surface area (Å²) in [6.45, 7) is 2.76. The van der Waals surface area contributed by atoms with Gasteiger partial charge < -0.3 is 10.5 Å². The number of anilines is 1. The lowest BCUT2D eigenvalue weighted by molar-refractivity contribution is 0.317. The van der Waals surface area contributed by atoms with Crippen LogP contribution < -0.4 is 10.5 Å². The highest BCUT2D eigenvalue weighted by molar-refractivity contribution is 7.99. The van der Waals surface area contributed by atoms with Crippen molar-refractivity contribution in [3.05, 3.63) is 42.6 Å². The van der Waals surface area contributed by atoms with Crippen molar-refractivity contribution in [1.82, 2.24) is 14.6 Å². The lowest BCUT2D eigenvalue weighted by Gasteiger charge is -2.08. The lowest BCUT2D eigenvalue weighted by Crippen LogP contribution is -1.96. The highest BCUT2D eigenvalue weighted by atomic mass is 32.2. The zero-order valence-corrected chi connectivity index (χ0v) is 12.5. The molecule has 0 bridgehead atoms. The van der Waals surface area contributed by atoms with Crippen molar-refractivity contribution in [2.75, 3.05) is 12.3 Å². The molecule has 0 amide bonds. The van der Waals surface area contributed by atoms with Crippen LogP contribution in [-0.2, 0) is 0 Å². The van der Waals surface area contributed by atoms with Crippen LogP contribution in [0.1, 0.15) is 13.3 Å². The third kappa shape index (κ3) is 3.11. The molecule has 0 spiro atoms. The van der Waals surface area contributed by atoms with Gasteiger partial charge in [0.05, 0.1) is 6.61 Å². The van der Waals surface area contributed by atoms with Gasteiger partial charge in [-0.05, 0) is 42.4 Å². The number of pyridine rings is 1. The van der Waals surface area contributed by atoms with Gasteiger partial charge in [0.2, 0.25) is 0 Å². The van der Waals surface area contributed by atoms with E-state index in [2.05, 4.69) is 17.1 Å². The number of benzene rings is 1. The summed E-state index contributed by atoms with van der Waals surface area (Å²) in [5.41, 5.74) is 7.44. The Morgan fingerprint density at radius 3 is 3.00 bits per heavy atom. The highest BCUT2D eigenvalue weighted by Crippen LogP contribution is 2.31. The fourth-order valence-corrected chi connectivity index (χ4v) is 2.87. The molecule has 2 aromatic heterocycles. The van der Waals surface area contributed by atoms with E-state index in [0.717, 1.165) is 27.9 Å². The average Bonchev–Trinajstić information content (AvgIpc) is 2.88. The summed E-state index contributed by atoms with van der Waals surface area (Å²) in [5.74, 6) is 0.785. The first-order valence-electron chi connectivity index (χ1n) is 6.77. The van der Waals surface area contributed by atoms with E-state index in [0.29, 0.717) is 12.3 Å². The van der Waals surface area contributed by atoms with E-state index in [-0.39, 0.29) is 0 Å². The standard InChI is InChI=1S/C15H16N4OS/c1-2-7-20-12-8-11(16)9-13(10-12)21-15-18-17-14-5-3-4-6-19(14)15/h3-6,8-10H,2,7,16H2,1H3. The van der Waals surface area contributed by atoms with Gasteiger partial charge in [0.15, 0.2) is 10.8 Å². The quantitative estimate of drug-likeness (QED) is 0.733. The first-order valence-corrected chi connectivity index (χ1v) is 7.59. The normalized spacial score (nSPS) is 10.9. The summed E-state index contributed by atoms with van der Waals surface area (Å²) in [7, 11) is 0. The zero-order chi connectivity index (χ0) is 14.7.